The molecular formula is C17H23N. The van der Waals surface area contributed by atoms with Crippen molar-refractivity contribution in [2.45, 2.75) is 27.7 Å². The van der Waals surface area contributed by atoms with Crippen molar-refractivity contribution in [2.24, 2.45) is 0 Å². The molecule has 0 aliphatic rings. The van der Waals surface area contributed by atoms with Crippen LogP contribution in [0.1, 0.15) is 27.7 Å². The summed E-state index contributed by atoms with van der Waals surface area (Å²) in [4.78, 5) is 0. The van der Waals surface area contributed by atoms with E-state index in [2.05, 4.69) is 74.7 Å². The fraction of sp³-hybridized carbons (Fsp3) is 0.294. The molecule has 0 amide bonds. The van der Waals surface area contributed by atoms with Crippen molar-refractivity contribution in [3.05, 3.63) is 52.4 Å². The second-order valence-electron chi connectivity index (χ2n) is 4.14. The van der Waals surface area contributed by atoms with Crippen molar-refractivity contribution in [2.75, 3.05) is 11.9 Å². The molecule has 0 radical (unpaired) electrons. The minimum absolute atomic E-state index is 0.860. The average molecular weight is 241 g/mol. The summed E-state index contributed by atoms with van der Waals surface area (Å²) in [5, 5.41) is 6.01. The SMILES string of the molecule is C/C=C\C(=C/C)CNc1ccc(=C/C)/c(=C\C)c1. The zero-order valence-electron chi connectivity index (χ0n) is 11.8. The van der Waals surface area contributed by atoms with Gasteiger partial charge in [0.2, 0.25) is 0 Å². The van der Waals surface area contributed by atoms with E-state index in [1.54, 1.807) is 0 Å². The van der Waals surface area contributed by atoms with Crippen molar-refractivity contribution in [3.63, 3.8) is 0 Å². The van der Waals surface area contributed by atoms with Crippen molar-refractivity contribution in [1.82, 2.24) is 0 Å². The first-order valence-electron chi connectivity index (χ1n) is 6.49. The van der Waals surface area contributed by atoms with Crippen molar-refractivity contribution in [1.29, 1.82) is 0 Å². The fourth-order valence-corrected chi connectivity index (χ4v) is 1.87. The number of nitrogens with one attached hydrogen (secondary N) is 1. The second kappa shape index (κ2) is 7.54. The summed E-state index contributed by atoms with van der Waals surface area (Å²) < 4.78 is 0. The van der Waals surface area contributed by atoms with Crippen LogP contribution in [-0.4, -0.2) is 6.54 Å². The van der Waals surface area contributed by atoms with Crippen LogP contribution in [0.2, 0.25) is 0 Å². The van der Waals surface area contributed by atoms with Crippen molar-refractivity contribution in [3.8, 4) is 0 Å². The molecule has 0 aromatic heterocycles. The van der Waals surface area contributed by atoms with Gasteiger partial charge in [-0.05, 0) is 55.8 Å². The van der Waals surface area contributed by atoms with E-state index in [0.29, 0.717) is 0 Å². The third-order valence-electron chi connectivity index (χ3n) is 2.96. The molecule has 0 aliphatic carbocycles. The van der Waals surface area contributed by atoms with Gasteiger partial charge in [0, 0.05) is 12.2 Å². The topological polar surface area (TPSA) is 12.0 Å². The molecule has 0 spiro atoms. The van der Waals surface area contributed by atoms with Gasteiger partial charge in [0.25, 0.3) is 0 Å². The Bertz CT molecular complexity index is 547. The van der Waals surface area contributed by atoms with Crippen LogP contribution in [0, 0.1) is 0 Å². The predicted molar refractivity (Wildman–Crippen MR) is 83.0 cm³/mol. The number of rotatable bonds is 4. The van der Waals surface area contributed by atoms with Gasteiger partial charge in [0.15, 0.2) is 0 Å². The quantitative estimate of drug-likeness (QED) is 0.798. The van der Waals surface area contributed by atoms with E-state index in [-0.39, 0.29) is 0 Å². The van der Waals surface area contributed by atoms with Gasteiger partial charge in [-0.15, -0.1) is 0 Å². The van der Waals surface area contributed by atoms with E-state index in [1.807, 2.05) is 6.92 Å². The van der Waals surface area contributed by atoms with E-state index < -0.39 is 0 Å². The van der Waals surface area contributed by atoms with Crippen LogP contribution in [0.25, 0.3) is 12.2 Å². The number of benzene rings is 1. The summed E-state index contributed by atoms with van der Waals surface area (Å²) in [7, 11) is 0. The van der Waals surface area contributed by atoms with E-state index in [9.17, 15) is 0 Å². The molecule has 1 aromatic carbocycles. The zero-order valence-corrected chi connectivity index (χ0v) is 11.8. The van der Waals surface area contributed by atoms with Gasteiger partial charge in [-0.2, -0.15) is 0 Å². The van der Waals surface area contributed by atoms with Crippen molar-refractivity contribution < 1.29 is 0 Å². The lowest BCUT2D eigenvalue weighted by molar-refractivity contribution is 1.24. The summed E-state index contributed by atoms with van der Waals surface area (Å²) >= 11 is 0. The van der Waals surface area contributed by atoms with E-state index >= 15 is 0 Å². The Kier molecular flexibility index (Phi) is 5.99. The third-order valence-corrected chi connectivity index (χ3v) is 2.96. The molecule has 1 heteroatoms. The molecule has 0 unspecified atom stereocenters. The molecule has 0 saturated carbocycles. The predicted octanol–water partition coefficient (Wildman–Crippen LogP) is 3.22. The first-order valence-corrected chi connectivity index (χ1v) is 6.49. The van der Waals surface area contributed by atoms with Gasteiger partial charge < -0.3 is 5.32 Å². The Morgan fingerprint density at radius 1 is 1.06 bits per heavy atom. The molecule has 1 rings (SSSR count). The highest BCUT2D eigenvalue weighted by atomic mass is 14.9. The molecule has 0 bridgehead atoms. The van der Waals surface area contributed by atoms with Gasteiger partial charge in [-0.3, -0.25) is 0 Å². The number of hydrogen-bond acceptors (Lipinski definition) is 1. The normalized spacial score (nSPS) is 14.6. The lowest BCUT2D eigenvalue weighted by Gasteiger charge is -2.07. The first-order chi connectivity index (χ1) is 8.74. The van der Waals surface area contributed by atoms with Gasteiger partial charge in [0.1, 0.15) is 0 Å². The summed E-state index contributed by atoms with van der Waals surface area (Å²) in [6.07, 6.45) is 10.6. The monoisotopic (exact) mass is 241 g/mol. The molecule has 0 aliphatic heterocycles. The maximum Gasteiger partial charge on any atom is 0.0397 e. The lowest BCUT2D eigenvalue weighted by Crippen LogP contribution is -2.24. The average Bonchev–Trinajstić information content (AvgIpc) is 2.42. The number of hydrogen-bond donors (Lipinski definition) is 1. The van der Waals surface area contributed by atoms with Gasteiger partial charge in [-0.25, -0.2) is 0 Å². The van der Waals surface area contributed by atoms with Crippen molar-refractivity contribution >= 4 is 17.8 Å². The maximum atomic E-state index is 3.45. The highest BCUT2D eigenvalue weighted by molar-refractivity contribution is 5.48. The molecule has 1 nitrogen and oxygen atoms in total. The molecular weight excluding hydrogens is 218 g/mol. The first kappa shape index (κ1) is 14.3. The fourth-order valence-electron chi connectivity index (χ4n) is 1.87. The highest BCUT2D eigenvalue weighted by Gasteiger charge is 1.94. The summed E-state index contributed by atoms with van der Waals surface area (Å²) in [6.45, 7) is 9.11. The molecule has 96 valence electrons. The Morgan fingerprint density at radius 3 is 2.33 bits per heavy atom. The smallest absolute Gasteiger partial charge is 0.0397 e. The Hall–Kier alpha value is -1.76. The van der Waals surface area contributed by atoms with E-state index in [1.165, 1.54) is 16.0 Å². The Morgan fingerprint density at radius 2 is 1.78 bits per heavy atom. The molecule has 0 saturated heterocycles. The molecule has 1 N–H and O–H groups in total. The van der Waals surface area contributed by atoms with E-state index in [0.717, 1.165) is 12.2 Å². The van der Waals surface area contributed by atoms with Crippen LogP contribution >= 0.6 is 0 Å². The minimum Gasteiger partial charge on any atom is -0.381 e. The minimum atomic E-state index is 0.860. The maximum absolute atomic E-state index is 3.45. The summed E-state index contributed by atoms with van der Waals surface area (Å²) in [5.41, 5.74) is 2.46. The molecule has 1 aromatic rings. The second-order valence-corrected chi connectivity index (χ2v) is 4.14. The largest absolute Gasteiger partial charge is 0.381 e. The van der Waals surface area contributed by atoms with Gasteiger partial charge in [-0.1, -0.05) is 36.4 Å². The van der Waals surface area contributed by atoms with Crippen LogP contribution in [0.5, 0.6) is 0 Å². The van der Waals surface area contributed by atoms with Gasteiger partial charge in [0.05, 0.1) is 0 Å². The lowest BCUT2D eigenvalue weighted by atomic mass is 10.2. The third kappa shape index (κ3) is 3.92. The summed E-state index contributed by atoms with van der Waals surface area (Å²) in [6, 6.07) is 6.48. The van der Waals surface area contributed by atoms with Crippen LogP contribution < -0.4 is 15.8 Å². The van der Waals surface area contributed by atoms with Crippen LogP contribution in [0.3, 0.4) is 0 Å². The van der Waals surface area contributed by atoms with E-state index in [4.69, 9.17) is 0 Å². The van der Waals surface area contributed by atoms with Crippen LogP contribution in [0.4, 0.5) is 5.69 Å². The number of anilines is 1. The standard InChI is InChI=1S/C17H23N/c1-5-9-14(6-2)13-18-17-11-10-15(7-3)16(8-4)12-17/h5-12,18H,13H2,1-4H3/b9-5-,14-6+,15-7-,16-8-. The van der Waals surface area contributed by atoms with Crippen LogP contribution in [-0.2, 0) is 0 Å². The van der Waals surface area contributed by atoms with Crippen LogP contribution in [0.15, 0.2) is 42.0 Å². The molecule has 0 heterocycles. The Balaban J connectivity index is 2.88. The Labute approximate surface area is 110 Å². The molecule has 18 heavy (non-hydrogen) atoms. The zero-order chi connectivity index (χ0) is 13.4. The number of allylic oxidation sites excluding steroid dienone is 2. The highest BCUT2D eigenvalue weighted by Crippen LogP contribution is 2.03. The molecule has 0 atom stereocenters. The summed E-state index contributed by atoms with van der Waals surface area (Å²) in [5.74, 6) is 0. The molecule has 0 fully saturated rings. The van der Waals surface area contributed by atoms with Gasteiger partial charge >= 0.3 is 0 Å².